The normalized spacial score (nSPS) is 17.1. The Morgan fingerprint density at radius 3 is 2.56 bits per heavy atom. The van der Waals surface area contributed by atoms with Gasteiger partial charge in [-0.15, -0.1) is 11.3 Å². The third-order valence-corrected chi connectivity index (χ3v) is 8.90. The molecule has 1 aliphatic heterocycles. The van der Waals surface area contributed by atoms with Crippen molar-refractivity contribution in [1.29, 1.82) is 0 Å². The van der Waals surface area contributed by atoms with E-state index in [0.717, 1.165) is 35.7 Å². The smallest absolute Gasteiger partial charge is 0.389 e. The first-order valence-electron chi connectivity index (χ1n) is 14.6. The van der Waals surface area contributed by atoms with Crippen LogP contribution in [-0.2, 0) is 12.7 Å². The van der Waals surface area contributed by atoms with Crippen LogP contribution in [-0.4, -0.2) is 50.5 Å². The predicted octanol–water partition coefficient (Wildman–Crippen LogP) is 5.85. The summed E-state index contributed by atoms with van der Waals surface area (Å²) in [6, 6.07) is 13.8. The molecule has 5 rings (SSSR count). The average molecular weight is 638 g/mol. The van der Waals surface area contributed by atoms with Gasteiger partial charge in [-0.1, -0.05) is 48.5 Å². The van der Waals surface area contributed by atoms with Crippen LogP contribution < -0.4 is 10.6 Å². The monoisotopic (exact) mass is 637 g/mol. The summed E-state index contributed by atoms with van der Waals surface area (Å²) in [4.78, 5) is 37.2. The quantitative estimate of drug-likeness (QED) is 0.201. The molecule has 3 N–H and O–H groups in total. The maximum absolute atomic E-state index is 13.5. The number of rotatable bonds is 10. The van der Waals surface area contributed by atoms with E-state index in [0.29, 0.717) is 17.7 Å². The Morgan fingerprint density at radius 1 is 1.09 bits per heavy atom. The standard InChI is InChI=1S/C33H34F3N5O3S/c1-20-19-45-31(39-20)27-12-7-13-41(27)32(44)25-15-24(17-37-18-25)30(43)40-21(2)29(42)28(23-9-4-3-5-10-23)38-16-22-8-6-11-26(14-22)33(34,35)36/h3-6,8-11,14-15,17-19,21,27-29,38,42H,7,12-13,16H2,1-2H3,(H,40,43). The van der Waals surface area contributed by atoms with E-state index in [9.17, 15) is 27.9 Å². The number of aryl methyl sites for hydroxylation is 1. The molecule has 1 fully saturated rings. The largest absolute Gasteiger partial charge is 0.416 e. The first-order chi connectivity index (χ1) is 21.5. The number of nitrogens with one attached hydrogen (secondary N) is 2. The highest BCUT2D eigenvalue weighted by Gasteiger charge is 2.34. The van der Waals surface area contributed by atoms with Crippen LogP contribution in [0.4, 0.5) is 13.2 Å². The molecule has 8 nitrogen and oxygen atoms in total. The van der Waals surface area contributed by atoms with Crippen LogP contribution in [0.25, 0.3) is 0 Å². The summed E-state index contributed by atoms with van der Waals surface area (Å²) in [7, 11) is 0. The van der Waals surface area contributed by atoms with Gasteiger partial charge in [0.1, 0.15) is 5.01 Å². The maximum atomic E-state index is 13.5. The fourth-order valence-electron chi connectivity index (χ4n) is 5.48. The molecule has 2 aromatic heterocycles. The van der Waals surface area contributed by atoms with E-state index in [2.05, 4.69) is 20.6 Å². The van der Waals surface area contributed by atoms with Crippen molar-refractivity contribution < 1.29 is 27.9 Å². The van der Waals surface area contributed by atoms with Gasteiger partial charge in [0.25, 0.3) is 11.8 Å². The molecule has 4 unspecified atom stereocenters. The van der Waals surface area contributed by atoms with E-state index >= 15 is 0 Å². The van der Waals surface area contributed by atoms with Gasteiger partial charge in [-0.05, 0) is 49.9 Å². The van der Waals surface area contributed by atoms with Crippen LogP contribution >= 0.6 is 11.3 Å². The Hall–Kier alpha value is -4.13. The van der Waals surface area contributed by atoms with Gasteiger partial charge in [-0.2, -0.15) is 13.2 Å². The van der Waals surface area contributed by atoms with E-state index in [1.807, 2.05) is 18.4 Å². The Morgan fingerprint density at radius 2 is 1.84 bits per heavy atom. The molecular weight excluding hydrogens is 603 g/mol. The molecule has 4 atom stereocenters. The number of aromatic nitrogens is 2. The number of aliphatic hydroxyl groups is 1. The van der Waals surface area contributed by atoms with E-state index in [1.54, 1.807) is 42.2 Å². The summed E-state index contributed by atoms with van der Waals surface area (Å²) in [6.07, 6.45) is -1.18. The molecule has 12 heteroatoms. The van der Waals surface area contributed by atoms with Gasteiger partial charge in [0, 0.05) is 36.6 Å². The Labute approximate surface area is 263 Å². The third kappa shape index (κ3) is 7.75. The fourth-order valence-corrected chi connectivity index (χ4v) is 6.43. The molecule has 0 bridgehead atoms. The summed E-state index contributed by atoms with van der Waals surface area (Å²) in [5.74, 6) is -0.759. The number of carbonyl (C=O) groups excluding carboxylic acids is 2. The topological polar surface area (TPSA) is 107 Å². The van der Waals surface area contributed by atoms with E-state index in [1.165, 1.54) is 35.9 Å². The number of hydrogen-bond donors (Lipinski definition) is 3. The van der Waals surface area contributed by atoms with Crippen LogP contribution in [0.1, 0.15) is 80.0 Å². The minimum atomic E-state index is -4.47. The highest BCUT2D eigenvalue weighted by atomic mass is 32.1. The zero-order valence-electron chi connectivity index (χ0n) is 24.8. The number of likely N-dealkylation sites (tertiary alicyclic amines) is 1. The summed E-state index contributed by atoms with van der Waals surface area (Å²) in [5.41, 5.74) is 1.68. The van der Waals surface area contributed by atoms with Crippen LogP contribution in [0.5, 0.6) is 0 Å². The molecule has 2 amide bonds. The van der Waals surface area contributed by atoms with Gasteiger partial charge in [0.15, 0.2) is 0 Å². The zero-order valence-corrected chi connectivity index (χ0v) is 25.6. The van der Waals surface area contributed by atoms with Crippen molar-refractivity contribution in [3.63, 3.8) is 0 Å². The number of amides is 2. The van der Waals surface area contributed by atoms with Gasteiger partial charge < -0.3 is 20.6 Å². The lowest BCUT2D eigenvalue weighted by atomic mass is 9.96. The second-order valence-corrected chi connectivity index (χ2v) is 12.1. The predicted molar refractivity (Wildman–Crippen MR) is 165 cm³/mol. The summed E-state index contributed by atoms with van der Waals surface area (Å²) < 4.78 is 39.7. The number of halogens is 3. The first kappa shape index (κ1) is 32.3. The Balaban J connectivity index is 1.28. The highest BCUT2D eigenvalue weighted by molar-refractivity contribution is 7.09. The molecule has 0 spiro atoms. The molecule has 3 heterocycles. The molecule has 1 aliphatic rings. The number of pyridine rings is 1. The van der Waals surface area contributed by atoms with E-state index in [-0.39, 0.29) is 29.6 Å². The lowest BCUT2D eigenvalue weighted by molar-refractivity contribution is -0.137. The molecular formula is C33H34F3N5O3S. The van der Waals surface area contributed by atoms with Crippen molar-refractivity contribution in [2.24, 2.45) is 0 Å². The fraction of sp³-hybridized carbons (Fsp3) is 0.333. The van der Waals surface area contributed by atoms with Crippen molar-refractivity contribution in [3.8, 4) is 0 Å². The number of thiazole rings is 1. The number of benzene rings is 2. The SMILES string of the molecule is Cc1csc(C2CCCN2C(=O)c2cncc(C(=O)NC(C)C(O)C(NCc3cccc(C(F)(F)F)c3)c3ccccc3)c2)n1. The van der Waals surface area contributed by atoms with Crippen molar-refractivity contribution in [3.05, 3.63) is 117 Å². The van der Waals surface area contributed by atoms with Crippen LogP contribution in [0.15, 0.2) is 78.4 Å². The Bertz CT molecular complexity index is 1630. The van der Waals surface area contributed by atoms with Crippen LogP contribution in [0.2, 0.25) is 0 Å². The van der Waals surface area contributed by atoms with Crippen molar-refractivity contribution >= 4 is 23.2 Å². The van der Waals surface area contributed by atoms with Crippen LogP contribution in [0, 0.1) is 6.92 Å². The molecule has 1 saturated heterocycles. The lowest BCUT2D eigenvalue weighted by Crippen LogP contribution is -2.47. The van der Waals surface area contributed by atoms with Crippen molar-refractivity contribution in [2.45, 2.75) is 63.6 Å². The van der Waals surface area contributed by atoms with E-state index < -0.39 is 35.8 Å². The summed E-state index contributed by atoms with van der Waals surface area (Å²) in [5, 5.41) is 20.2. The highest BCUT2D eigenvalue weighted by Crippen LogP contribution is 2.35. The number of nitrogens with zero attached hydrogens (tertiary/aromatic N) is 3. The van der Waals surface area contributed by atoms with Crippen molar-refractivity contribution in [1.82, 2.24) is 25.5 Å². The van der Waals surface area contributed by atoms with Gasteiger partial charge in [0.2, 0.25) is 0 Å². The second kappa shape index (κ2) is 13.9. The third-order valence-electron chi connectivity index (χ3n) is 7.83. The van der Waals surface area contributed by atoms with Gasteiger partial charge in [-0.25, -0.2) is 4.98 Å². The van der Waals surface area contributed by atoms with Gasteiger partial charge in [0.05, 0.1) is 40.9 Å². The van der Waals surface area contributed by atoms with Gasteiger partial charge in [-0.3, -0.25) is 14.6 Å². The molecule has 0 aliphatic carbocycles. The molecule has 236 valence electrons. The number of alkyl halides is 3. The van der Waals surface area contributed by atoms with Crippen molar-refractivity contribution in [2.75, 3.05) is 6.54 Å². The minimum absolute atomic E-state index is 0.0489. The number of hydrogen-bond acceptors (Lipinski definition) is 7. The second-order valence-electron chi connectivity index (χ2n) is 11.2. The van der Waals surface area contributed by atoms with E-state index in [4.69, 9.17) is 0 Å². The molecule has 0 saturated carbocycles. The number of carbonyl (C=O) groups is 2. The number of aliphatic hydroxyl groups excluding tert-OH is 1. The first-order valence-corrected chi connectivity index (χ1v) is 15.5. The average Bonchev–Trinajstić information content (AvgIpc) is 3.70. The molecule has 2 aromatic carbocycles. The molecule has 4 aromatic rings. The maximum Gasteiger partial charge on any atom is 0.416 e. The summed E-state index contributed by atoms with van der Waals surface area (Å²) in [6.45, 7) is 4.18. The lowest BCUT2D eigenvalue weighted by Gasteiger charge is -2.30. The van der Waals surface area contributed by atoms with Gasteiger partial charge >= 0.3 is 6.18 Å². The molecule has 0 radical (unpaired) electrons. The van der Waals surface area contributed by atoms with Crippen LogP contribution in [0.3, 0.4) is 0 Å². The Kier molecular flexibility index (Phi) is 9.96. The minimum Gasteiger partial charge on any atom is -0.389 e. The zero-order chi connectivity index (χ0) is 32.1. The summed E-state index contributed by atoms with van der Waals surface area (Å²) >= 11 is 1.53. The molecule has 45 heavy (non-hydrogen) atoms.